The number of alkyl halides is 3. The smallest absolute Gasteiger partial charge is 0.416 e. The molecule has 0 bridgehead atoms. The number of halogens is 3. The Bertz CT molecular complexity index is 931. The van der Waals surface area contributed by atoms with Crippen molar-refractivity contribution in [2.45, 2.75) is 18.3 Å². The standard InChI is InChI=1S/C18H15F3N2O3/c19-18(20,21)12-1-3-13(4-2-12)26-14-5-6-16-15(7-14)22-11-23(16)8-17(24)9-25-10-17/h1-7,11,24H,8-10H2. The summed E-state index contributed by atoms with van der Waals surface area (Å²) in [5.41, 5.74) is -0.108. The van der Waals surface area contributed by atoms with Crippen molar-refractivity contribution in [3.05, 3.63) is 54.4 Å². The number of ether oxygens (including phenoxy) is 2. The van der Waals surface area contributed by atoms with Crippen LogP contribution < -0.4 is 4.74 Å². The van der Waals surface area contributed by atoms with Gasteiger partial charge in [-0.15, -0.1) is 0 Å². The van der Waals surface area contributed by atoms with Crippen LogP contribution in [0.25, 0.3) is 11.0 Å². The summed E-state index contributed by atoms with van der Waals surface area (Å²) in [4.78, 5) is 4.29. The number of hydrogen-bond acceptors (Lipinski definition) is 4. The molecule has 0 spiro atoms. The highest BCUT2D eigenvalue weighted by atomic mass is 19.4. The van der Waals surface area contributed by atoms with E-state index < -0.39 is 17.3 Å². The molecule has 0 aliphatic carbocycles. The van der Waals surface area contributed by atoms with Gasteiger partial charge in [-0.25, -0.2) is 4.98 Å². The van der Waals surface area contributed by atoms with Crippen molar-refractivity contribution in [1.29, 1.82) is 0 Å². The van der Waals surface area contributed by atoms with Gasteiger partial charge in [-0.1, -0.05) is 0 Å². The van der Waals surface area contributed by atoms with E-state index in [4.69, 9.17) is 9.47 Å². The van der Waals surface area contributed by atoms with Gasteiger partial charge < -0.3 is 19.1 Å². The molecule has 0 saturated carbocycles. The highest BCUT2D eigenvalue weighted by Crippen LogP contribution is 2.32. The average molecular weight is 364 g/mol. The molecule has 5 nitrogen and oxygen atoms in total. The van der Waals surface area contributed by atoms with Crippen LogP contribution in [0.2, 0.25) is 0 Å². The Balaban J connectivity index is 1.52. The van der Waals surface area contributed by atoms with Crippen LogP contribution in [-0.2, 0) is 17.5 Å². The Morgan fingerprint density at radius 2 is 1.81 bits per heavy atom. The number of rotatable bonds is 4. The predicted molar refractivity (Wildman–Crippen MR) is 87.0 cm³/mol. The minimum Gasteiger partial charge on any atom is -0.457 e. The van der Waals surface area contributed by atoms with E-state index in [9.17, 15) is 18.3 Å². The summed E-state index contributed by atoms with van der Waals surface area (Å²) >= 11 is 0. The minimum absolute atomic E-state index is 0.293. The monoisotopic (exact) mass is 364 g/mol. The number of nitrogens with zero attached hydrogens (tertiary/aromatic N) is 2. The highest BCUT2D eigenvalue weighted by molar-refractivity contribution is 5.77. The first-order valence-electron chi connectivity index (χ1n) is 7.93. The van der Waals surface area contributed by atoms with Crippen molar-refractivity contribution in [2.24, 2.45) is 0 Å². The molecule has 4 rings (SSSR count). The van der Waals surface area contributed by atoms with E-state index in [1.807, 2.05) is 4.57 Å². The maximum atomic E-state index is 12.6. The van der Waals surface area contributed by atoms with Crippen LogP contribution in [0.3, 0.4) is 0 Å². The average Bonchev–Trinajstić information content (AvgIpc) is 2.95. The number of fused-ring (bicyclic) bond motifs is 1. The Morgan fingerprint density at radius 3 is 2.42 bits per heavy atom. The second kappa shape index (κ2) is 6.00. The maximum absolute atomic E-state index is 12.6. The normalized spacial score (nSPS) is 16.5. The summed E-state index contributed by atoms with van der Waals surface area (Å²) in [5, 5.41) is 10.2. The molecule has 1 aliphatic rings. The lowest BCUT2D eigenvalue weighted by molar-refractivity contribution is -0.184. The number of aliphatic hydroxyl groups is 1. The van der Waals surface area contributed by atoms with E-state index in [2.05, 4.69) is 4.98 Å². The van der Waals surface area contributed by atoms with Gasteiger partial charge in [0.15, 0.2) is 0 Å². The first-order valence-corrected chi connectivity index (χ1v) is 7.93. The van der Waals surface area contributed by atoms with E-state index in [0.29, 0.717) is 36.8 Å². The third-order valence-electron chi connectivity index (χ3n) is 4.22. The molecule has 2 heterocycles. The molecule has 0 radical (unpaired) electrons. The molecular weight excluding hydrogens is 349 g/mol. The van der Waals surface area contributed by atoms with Gasteiger partial charge in [0.2, 0.25) is 0 Å². The van der Waals surface area contributed by atoms with Crippen molar-refractivity contribution in [3.63, 3.8) is 0 Å². The Morgan fingerprint density at radius 1 is 1.12 bits per heavy atom. The van der Waals surface area contributed by atoms with Gasteiger partial charge in [0.05, 0.1) is 42.7 Å². The summed E-state index contributed by atoms with van der Waals surface area (Å²) < 4.78 is 50.3. The lowest BCUT2D eigenvalue weighted by Crippen LogP contribution is -2.52. The zero-order valence-corrected chi connectivity index (χ0v) is 13.5. The van der Waals surface area contributed by atoms with Crippen LogP contribution >= 0.6 is 0 Å². The molecular formula is C18H15F3N2O3. The zero-order valence-electron chi connectivity index (χ0n) is 13.5. The minimum atomic E-state index is -4.38. The van der Waals surface area contributed by atoms with E-state index in [1.54, 1.807) is 24.5 Å². The maximum Gasteiger partial charge on any atom is 0.416 e. The molecule has 1 saturated heterocycles. The predicted octanol–water partition coefficient (Wildman–Crippen LogP) is 3.61. The molecule has 26 heavy (non-hydrogen) atoms. The fourth-order valence-corrected chi connectivity index (χ4v) is 2.83. The lowest BCUT2D eigenvalue weighted by atomic mass is 10.0. The largest absolute Gasteiger partial charge is 0.457 e. The van der Waals surface area contributed by atoms with E-state index in [1.165, 1.54) is 12.1 Å². The number of benzene rings is 2. The summed E-state index contributed by atoms with van der Waals surface area (Å²) in [6, 6.07) is 9.71. The van der Waals surface area contributed by atoms with Gasteiger partial charge in [-0.05, 0) is 36.4 Å². The fraction of sp³-hybridized carbons (Fsp3) is 0.278. The Kier molecular flexibility index (Phi) is 3.89. The number of aromatic nitrogens is 2. The first-order chi connectivity index (χ1) is 12.3. The van der Waals surface area contributed by atoms with Crippen molar-refractivity contribution < 1.29 is 27.8 Å². The second-order valence-electron chi connectivity index (χ2n) is 6.36. The van der Waals surface area contributed by atoms with Gasteiger partial charge in [0.25, 0.3) is 0 Å². The van der Waals surface area contributed by atoms with Gasteiger partial charge >= 0.3 is 6.18 Å². The van der Waals surface area contributed by atoms with Gasteiger partial charge in [0, 0.05) is 6.07 Å². The quantitative estimate of drug-likeness (QED) is 0.768. The van der Waals surface area contributed by atoms with Crippen molar-refractivity contribution in [3.8, 4) is 11.5 Å². The molecule has 0 amide bonds. The third kappa shape index (κ3) is 3.25. The third-order valence-corrected chi connectivity index (χ3v) is 4.22. The Labute approximate surface area is 146 Å². The Hall–Kier alpha value is -2.58. The number of hydrogen-bond donors (Lipinski definition) is 1. The van der Waals surface area contributed by atoms with Crippen molar-refractivity contribution in [1.82, 2.24) is 9.55 Å². The molecule has 8 heteroatoms. The first kappa shape index (κ1) is 16.9. The van der Waals surface area contributed by atoms with Gasteiger partial charge in [-0.3, -0.25) is 0 Å². The molecule has 1 aliphatic heterocycles. The molecule has 136 valence electrons. The second-order valence-corrected chi connectivity index (χ2v) is 6.36. The van der Waals surface area contributed by atoms with Gasteiger partial charge in [-0.2, -0.15) is 13.2 Å². The zero-order chi connectivity index (χ0) is 18.4. The van der Waals surface area contributed by atoms with Crippen LogP contribution in [0.5, 0.6) is 11.5 Å². The topological polar surface area (TPSA) is 56.5 Å². The van der Waals surface area contributed by atoms with E-state index in [0.717, 1.165) is 17.6 Å². The van der Waals surface area contributed by atoms with E-state index >= 15 is 0 Å². The van der Waals surface area contributed by atoms with Crippen LogP contribution in [0, 0.1) is 0 Å². The molecule has 3 aromatic rings. The molecule has 1 aromatic heterocycles. The van der Waals surface area contributed by atoms with Crippen LogP contribution in [0.1, 0.15) is 5.56 Å². The SMILES string of the molecule is OC1(Cn2cnc3cc(Oc4ccc(C(F)(F)F)cc4)ccc32)COC1. The molecule has 1 fully saturated rings. The van der Waals surface area contributed by atoms with Gasteiger partial charge in [0.1, 0.15) is 17.1 Å². The summed E-state index contributed by atoms with van der Waals surface area (Å²) in [6.07, 6.45) is -2.75. The van der Waals surface area contributed by atoms with Crippen LogP contribution in [-0.4, -0.2) is 33.5 Å². The molecule has 0 unspecified atom stereocenters. The highest BCUT2D eigenvalue weighted by Gasteiger charge is 2.36. The number of imidazole rings is 1. The lowest BCUT2D eigenvalue weighted by Gasteiger charge is -2.36. The summed E-state index contributed by atoms with van der Waals surface area (Å²) in [5.74, 6) is 0.769. The molecule has 0 atom stereocenters. The summed E-state index contributed by atoms with van der Waals surface area (Å²) in [7, 11) is 0. The van der Waals surface area contributed by atoms with Crippen molar-refractivity contribution in [2.75, 3.05) is 13.2 Å². The van der Waals surface area contributed by atoms with E-state index in [-0.39, 0.29) is 0 Å². The molecule has 2 aromatic carbocycles. The molecule has 1 N–H and O–H groups in total. The fourth-order valence-electron chi connectivity index (χ4n) is 2.83. The summed E-state index contributed by atoms with van der Waals surface area (Å²) in [6.45, 7) is 0.964. The van der Waals surface area contributed by atoms with Crippen LogP contribution in [0.4, 0.5) is 13.2 Å². The van der Waals surface area contributed by atoms with Crippen LogP contribution in [0.15, 0.2) is 48.8 Å². The van der Waals surface area contributed by atoms with Crippen molar-refractivity contribution >= 4 is 11.0 Å².